The summed E-state index contributed by atoms with van der Waals surface area (Å²) in [6, 6.07) is 0. The normalized spacial score (nSPS) is 34.4. The highest BCUT2D eigenvalue weighted by Crippen LogP contribution is 2.49. The van der Waals surface area contributed by atoms with Gasteiger partial charge in [-0.15, -0.1) is 11.6 Å². The van der Waals surface area contributed by atoms with Crippen molar-refractivity contribution >= 4 is 11.6 Å². The Kier molecular flexibility index (Phi) is 6.30. The molecule has 0 saturated heterocycles. The average molecular weight is 261 g/mol. The molecule has 1 aliphatic carbocycles. The van der Waals surface area contributed by atoms with Crippen molar-refractivity contribution in [3.63, 3.8) is 0 Å². The van der Waals surface area contributed by atoms with Gasteiger partial charge in [-0.05, 0) is 26.2 Å². The van der Waals surface area contributed by atoms with Crippen molar-refractivity contribution in [1.82, 2.24) is 0 Å². The van der Waals surface area contributed by atoms with Crippen molar-refractivity contribution in [1.29, 1.82) is 0 Å². The number of ether oxygens (including phenoxy) is 1. The van der Waals surface area contributed by atoms with Crippen molar-refractivity contribution in [3.8, 4) is 0 Å². The molecule has 0 N–H and O–H groups in total. The third-order valence-electron chi connectivity index (χ3n) is 4.49. The molecule has 1 fully saturated rings. The van der Waals surface area contributed by atoms with Crippen LogP contribution in [0, 0.1) is 5.41 Å². The van der Waals surface area contributed by atoms with Gasteiger partial charge in [0.25, 0.3) is 0 Å². The Morgan fingerprint density at radius 2 is 2.00 bits per heavy atom. The van der Waals surface area contributed by atoms with Gasteiger partial charge in [0.05, 0.1) is 12.2 Å². The van der Waals surface area contributed by atoms with Gasteiger partial charge in [-0.3, -0.25) is 0 Å². The summed E-state index contributed by atoms with van der Waals surface area (Å²) in [7, 11) is 0. The molecule has 4 atom stereocenters. The molecule has 1 rings (SSSR count). The smallest absolute Gasteiger partial charge is 0.0660 e. The predicted molar refractivity (Wildman–Crippen MR) is 75.8 cm³/mol. The van der Waals surface area contributed by atoms with E-state index >= 15 is 0 Å². The topological polar surface area (TPSA) is 9.23 Å². The van der Waals surface area contributed by atoms with Crippen LogP contribution in [0.3, 0.4) is 0 Å². The summed E-state index contributed by atoms with van der Waals surface area (Å²) in [5.41, 5.74) is 0.208. The van der Waals surface area contributed by atoms with Crippen molar-refractivity contribution < 1.29 is 4.74 Å². The number of rotatable bonds is 8. The first-order chi connectivity index (χ1) is 8.04. The third kappa shape index (κ3) is 3.86. The Hall–Kier alpha value is 0.250. The maximum absolute atomic E-state index is 6.30. The highest BCUT2D eigenvalue weighted by molar-refractivity contribution is 6.21. The van der Waals surface area contributed by atoms with Crippen molar-refractivity contribution in [2.45, 2.75) is 90.2 Å². The fourth-order valence-electron chi connectivity index (χ4n) is 2.63. The van der Waals surface area contributed by atoms with Crippen molar-refractivity contribution in [2.24, 2.45) is 5.41 Å². The second-order valence-electron chi connectivity index (χ2n) is 5.85. The standard InChI is InChI=1S/C15H29ClO/c1-5-7-8-9-10-12(3)17-14-11-13(16)15(14,4)6-2/h12-14H,5-11H2,1-4H3. The molecule has 2 heteroatoms. The fraction of sp³-hybridized carbons (Fsp3) is 1.00. The zero-order valence-electron chi connectivity index (χ0n) is 12.0. The molecule has 0 spiro atoms. The molecule has 0 aromatic carbocycles. The van der Waals surface area contributed by atoms with Gasteiger partial charge in [0, 0.05) is 10.8 Å². The summed E-state index contributed by atoms with van der Waals surface area (Å²) in [5, 5.41) is 0.310. The number of unbranched alkanes of at least 4 members (excludes halogenated alkanes) is 3. The van der Waals surface area contributed by atoms with Crippen LogP contribution in [0.1, 0.15) is 72.6 Å². The Balaban J connectivity index is 2.21. The van der Waals surface area contributed by atoms with E-state index in [-0.39, 0.29) is 5.41 Å². The van der Waals surface area contributed by atoms with E-state index in [4.69, 9.17) is 16.3 Å². The van der Waals surface area contributed by atoms with Crippen molar-refractivity contribution in [3.05, 3.63) is 0 Å². The minimum Gasteiger partial charge on any atom is -0.375 e. The van der Waals surface area contributed by atoms with Crippen LogP contribution in [0.5, 0.6) is 0 Å². The van der Waals surface area contributed by atoms with E-state index in [2.05, 4.69) is 27.7 Å². The molecule has 0 bridgehead atoms. The minimum atomic E-state index is 0.208. The first-order valence-corrected chi connectivity index (χ1v) is 7.77. The lowest BCUT2D eigenvalue weighted by Crippen LogP contribution is -2.54. The molecule has 0 amide bonds. The van der Waals surface area contributed by atoms with E-state index in [1.165, 1.54) is 32.1 Å². The zero-order valence-corrected chi connectivity index (χ0v) is 12.7. The van der Waals surface area contributed by atoms with Gasteiger partial charge in [0.1, 0.15) is 0 Å². The van der Waals surface area contributed by atoms with Crippen LogP contribution < -0.4 is 0 Å². The van der Waals surface area contributed by atoms with Crippen molar-refractivity contribution in [2.75, 3.05) is 0 Å². The second kappa shape index (κ2) is 6.99. The van der Waals surface area contributed by atoms with Crippen LogP contribution in [0.4, 0.5) is 0 Å². The maximum Gasteiger partial charge on any atom is 0.0660 e. The lowest BCUT2D eigenvalue weighted by atomic mass is 9.65. The van der Waals surface area contributed by atoms with E-state index in [1.54, 1.807) is 0 Å². The SMILES string of the molecule is CCCCCCC(C)OC1CC(Cl)C1(C)CC. The van der Waals surface area contributed by atoms with Crippen LogP contribution in [-0.4, -0.2) is 17.6 Å². The summed E-state index contributed by atoms with van der Waals surface area (Å²) in [4.78, 5) is 0. The first-order valence-electron chi connectivity index (χ1n) is 7.34. The van der Waals surface area contributed by atoms with Gasteiger partial charge < -0.3 is 4.74 Å². The van der Waals surface area contributed by atoms with Crippen LogP contribution >= 0.6 is 11.6 Å². The van der Waals surface area contributed by atoms with E-state index in [9.17, 15) is 0 Å². The van der Waals surface area contributed by atoms with E-state index in [0.29, 0.717) is 17.6 Å². The predicted octanol–water partition coefficient (Wildman–Crippen LogP) is 5.16. The number of halogens is 1. The molecule has 0 aromatic heterocycles. The number of hydrogen-bond acceptors (Lipinski definition) is 1. The fourth-order valence-corrected chi connectivity index (χ4v) is 3.09. The molecule has 0 radical (unpaired) electrons. The maximum atomic E-state index is 6.30. The minimum absolute atomic E-state index is 0.208. The van der Waals surface area contributed by atoms with Gasteiger partial charge in [0.15, 0.2) is 0 Å². The summed E-state index contributed by atoms with van der Waals surface area (Å²) >= 11 is 6.30. The molecule has 0 aromatic rings. The first kappa shape index (κ1) is 15.3. The van der Waals surface area contributed by atoms with Gasteiger partial charge in [-0.25, -0.2) is 0 Å². The Bertz CT molecular complexity index is 219. The summed E-state index contributed by atoms with van der Waals surface area (Å²) in [6.45, 7) is 8.95. The van der Waals surface area contributed by atoms with Gasteiger partial charge in [-0.1, -0.05) is 46.5 Å². The van der Waals surface area contributed by atoms with Crippen LogP contribution in [-0.2, 0) is 4.74 Å². The third-order valence-corrected chi connectivity index (χ3v) is 5.17. The molecule has 1 nitrogen and oxygen atoms in total. The Morgan fingerprint density at radius 3 is 2.53 bits per heavy atom. The molecule has 17 heavy (non-hydrogen) atoms. The highest BCUT2D eigenvalue weighted by Gasteiger charge is 2.50. The molecule has 0 aliphatic heterocycles. The van der Waals surface area contributed by atoms with Gasteiger partial charge >= 0.3 is 0 Å². The highest BCUT2D eigenvalue weighted by atomic mass is 35.5. The van der Waals surface area contributed by atoms with Crippen LogP contribution in [0.2, 0.25) is 0 Å². The molecular weight excluding hydrogens is 232 g/mol. The average Bonchev–Trinajstić information content (AvgIpc) is 2.33. The molecule has 1 saturated carbocycles. The molecular formula is C15H29ClO. The van der Waals surface area contributed by atoms with E-state index < -0.39 is 0 Å². The monoisotopic (exact) mass is 260 g/mol. The van der Waals surface area contributed by atoms with E-state index in [0.717, 1.165) is 12.8 Å². The Labute approximate surface area is 112 Å². The van der Waals surface area contributed by atoms with E-state index in [1.807, 2.05) is 0 Å². The quantitative estimate of drug-likeness (QED) is 0.433. The Morgan fingerprint density at radius 1 is 1.29 bits per heavy atom. The summed E-state index contributed by atoms with van der Waals surface area (Å²) in [5.74, 6) is 0. The molecule has 4 unspecified atom stereocenters. The number of alkyl halides is 1. The lowest BCUT2D eigenvalue weighted by molar-refractivity contribution is -0.130. The largest absolute Gasteiger partial charge is 0.375 e. The molecule has 1 aliphatic rings. The van der Waals surface area contributed by atoms with Gasteiger partial charge in [-0.2, -0.15) is 0 Å². The second-order valence-corrected chi connectivity index (χ2v) is 6.37. The van der Waals surface area contributed by atoms with Gasteiger partial charge in [0.2, 0.25) is 0 Å². The summed E-state index contributed by atoms with van der Waals surface area (Å²) < 4.78 is 6.16. The van der Waals surface area contributed by atoms with Crippen LogP contribution in [0.15, 0.2) is 0 Å². The van der Waals surface area contributed by atoms with Crippen LogP contribution in [0.25, 0.3) is 0 Å². The lowest BCUT2D eigenvalue weighted by Gasteiger charge is -2.51. The molecule has 0 heterocycles. The zero-order chi connectivity index (χ0) is 12.9. The molecule has 102 valence electrons. The summed E-state index contributed by atoms with van der Waals surface area (Å²) in [6.07, 6.45) is 9.44. The number of hydrogen-bond donors (Lipinski definition) is 0.